The van der Waals surface area contributed by atoms with Gasteiger partial charge in [-0.1, -0.05) is 66.7 Å². The maximum Gasteiger partial charge on any atom is 0.138 e. The molecule has 0 saturated heterocycles. The van der Waals surface area contributed by atoms with Crippen molar-refractivity contribution in [1.29, 1.82) is 0 Å². The molecule has 0 saturated carbocycles. The van der Waals surface area contributed by atoms with Crippen LogP contribution >= 0.6 is 0 Å². The summed E-state index contributed by atoms with van der Waals surface area (Å²) >= 11 is 0. The van der Waals surface area contributed by atoms with Crippen molar-refractivity contribution in [3.8, 4) is 39.7 Å². The summed E-state index contributed by atoms with van der Waals surface area (Å²) in [5.41, 5.74) is 8.96. The average molecular weight is 478 g/mol. The van der Waals surface area contributed by atoms with Crippen LogP contribution in [-0.2, 0) is 0 Å². The Labute approximate surface area is 214 Å². The van der Waals surface area contributed by atoms with Gasteiger partial charge in [-0.05, 0) is 48.5 Å². The summed E-state index contributed by atoms with van der Waals surface area (Å²) in [6, 6.07) is 34.9. The second-order valence-electron chi connectivity index (χ2n) is 8.95. The van der Waals surface area contributed by atoms with E-state index in [-0.39, 0.29) is 0 Å². The van der Waals surface area contributed by atoms with Gasteiger partial charge in [0.05, 0.1) is 39.7 Å². The summed E-state index contributed by atoms with van der Waals surface area (Å²) in [7, 11) is 0. The predicted octanol–water partition coefficient (Wildman–Crippen LogP) is 7.26. The van der Waals surface area contributed by atoms with Gasteiger partial charge in [-0.2, -0.15) is 0 Å². The van der Waals surface area contributed by atoms with Crippen LogP contribution < -0.4 is 5.32 Å². The summed E-state index contributed by atoms with van der Waals surface area (Å²) in [6.45, 7) is 0.825. The minimum atomic E-state index is 0.825. The van der Waals surface area contributed by atoms with Crippen molar-refractivity contribution in [1.82, 2.24) is 19.5 Å². The van der Waals surface area contributed by atoms with Gasteiger partial charge in [-0.15, -0.1) is 0 Å². The van der Waals surface area contributed by atoms with Crippen LogP contribution in [0.5, 0.6) is 0 Å². The molecule has 0 atom stereocenters. The fourth-order valence-corrected chi connectivity index (χ4v) is 5.05. The number of hydrogen-bond donors (Lipinski definition) is 1. The molecule has 1 aliphatic rings. The molecule has 37 heavy (non-hydrogen) atoms. The molecule has 0 bridgehead atoms. The normalized spacial score (nSPS) is 12.3. The number of fused-ring (bicyclic) bond motifs is 3. The van der Waals surface area contributed by atoms with Crippen LogP contribution in [0, 0.1) is 0 Å². The third-order valence-corrected chi connectivity index (χ3v) is 6.70. The highest BCUT2D eigenvalue weighted by molar-refractivity contribution is 6.00. The summed E-state index contributed by atoms with van der Waals surface area (Å²) in [5, 5.41) is 4.73. The number of benzene rings is 2. The molecule has 0 radical (unpaired) electrons. The molecule has 7 rings (SSSR count). The van der Waals surface area contributed by atoms with Crippen molar-refractivity contribution in [2.75, 3.05) is 11.9 Å². The number of nitrogens with one attached hydrogen (secondary N) is 1. The van der Waals surface area contributed by atoms with Gasteiger partial charge >= 0.3 is 0 Å². The first-order valence-electron chi connectivity index (χ1n) is 12.4. The standard InChI is InChI=1S/C32H23N5/c1-2-11-23(22(10-1)25-13-5-6-20-33-25)26-14-7-15-27(35-26)28-16-8-19-31(36-28)37-29-17-4-3-12-24(29)32-30(37)18-9-21-34-32/h1-20,34H,21H2. The largest absolute Gasteiger partial charge is 0.379 e. The first kappa shape index (κ1) is 21.3. The van der Waals surface area contributed by atoms with Gasteiger partial charge in [-0.25, -0.2) is 9.97 Å². The maximum absolute atomic E-state index is 5.09. The summed E-state index contributed by atoms with van der Waals surface area (Å²) in [5.74, 6) is 0.865. The Hall–Kier alpha value is -5.03. The topological polar surface area (TPSA) is 55.6 Å². The van der Waals surface area contributed by atoms with Gasteiger partial charge in [0, 0.05) is 29.3 Å². The fourth-order valence-electron chi connectivity index (χ4n) is 5.05. The number of nitrogens with zero attached hydrogens (tertiary/aromatic N) is 4. The van der Waals surface area contributed by atoms with E-state index < -0.39 is 0 Å². The lowest BCUT2D eigenvalue weighted by Gasteiger charge is -2.13. The summed E-state index contributed by atoms with van der Waals surface area (Å²) < 4.78 is 2.22. The second-order valence-corrected chi connectivity index (χ2v) is 8.95. The molecule has 0 unspecified atom stereocenters. The van der Waals surface area contributed by atoms with Crippen molar-refractivity contribution in [2.24, 2.45) is 0 Å². The Balaban J connectivity index is 1.34. The molecule has 0 fully saturated rings. The average Bonchev–Trinajstić information content (AvgIpc) is 3.32. The molecule has 1 aliphatic heterocycles. The van der Waals surface area contributed by atoms with Gasteiger partial charge in [0.15, 0.2) is 0 Å². The highest BCUT2D eigenvalue weighted by Crippen LogP contribution is 2.36. The lowest BCUT2D eigenvalue weighted by molar-refractivity contribution is 1.02. The Kier molecular flexibility index (Phi) is 5.10. The first-order valence-corrected chi connectivity index (χ1v) is 12.4. The third-order valence-electron chi connectivity index (χ3n) is 6.70. The lowest BCUT2D eigenvalue weighted by atomic mass is 10.0. The number of rotatable bonds is 4. The van der Waals surface area contributed by atoms with E-state index in [9.17, 15) is 0 Å². The van der Waals surface area contributed by atoms with Gasteiger partial charge < -0.3 is 5.32 Å². The van der Waals surface area contributed by atoms with Crippen LogP contribution in [0.25, 0.3) is 56.7 Å². The van der Waals surface area contributed by atoms with Crippen LogP contribution in [0.4, 0.5) is 5.69 Å². The summed E-state index contributed by atoms with van der Waals surface area (Å²) in [6.07, 6.45) is 6.14. The molecule has 176 valence electrons. The molecule has 6 aromatic rings. The van der Waals surface area contributed by atoms with E-state index in [4.69, 9.17) is 9.97 Å². The van der Waals surface area contributed by atoms with Crippen molar-refractivity contribution >= 4 is 22.7 Å². The molecule has 4 aromatic heterocycles. The van der Waals surface area contributed by atoms with E-state index in [1.165, 1.54) is 5.39 Å². The first-order chi connectivity index (χ1) is 18.4. The number of para-hydroxylation sites is 1. The van der Waals surface area contributed by atoms with Gasteiger partial charge in [0.25, 0.3) is 0 Å². The Morgan fingerprint density at radius 2 is 1.32 bits per heavy atom. The van der Waals surface area contributed by atoms with Crippen molar-refractivity contribution < 1.29 is 0 Å². The molecule has 0 aliphatic carbocycles. The fraction of sp³-hybridized carbons (Fsp3) is 0.0312. The lowest BCUT2D eigenvalue weighted by Crippen LogP contribution is -2.07. The Bertz CT molecular complexity index is 1780. The molecule has 5 nitrogen and oxygen atoms in total. The third kappa shape index (κ3) is 3.69. The Morgan fingerprint density at radius 3 is 2.19 bits per heavy atom. The Morgan fingerprint density at radius 1 is 0.622 bits per heavy atom. The molecular weight excluding hydrogens is 454 g/mol. The molecule has 5 heteroatoms. The quantitative estimate of drug-likeness (QED) is 0.290. The zero-order valence-electron chi connectivity index (χ0n) is 20.0. The van der Waals surface area contributed by atoms with Crippen LogP contribution in [-0.4, -0.2) is 26.1 Å². The van der Waals surface area contributed by atoms with E-state index in [0.29, 0.717) is 0 Å². The van der Waals surface area contributed by atoms with Crippen molar-refractivity contribution in [2.45, 2.75) is 0 Å². The van der Waals surface area contributed by atoms with Crippen LogP contribution in [0.2, 0.25) is 0 Å². The molecule has 5 heterocycles. The molecule has 0 spiro atoms. The monoisotopic (exact) mass is 477 g/mol. The minimum Gasteiger partial charge on any atom is -0.379 e. The SMILES string of the molecule is C1=Cc2c(c3ccccc3n2-c2cccc(-c3cccc(-c4ccccc4-c4ccccn4)n3)n2)NC1. The number of aromatic nitrogens is 4. The van der Waals surface area contributed by atoms with E-state index in [0.717, 1.165) is 63.2 Å². The van der Waals surface area contributed by atoms with E-state index >= 15 is 0 Å². The minimum absolute atomic E-state index is 0.825. The highest BCUT2D eigenvalue weighted by atomic mass is 15.1. The van der Waals surface area contributed by atoms with E-state index in [2.05, 4.69) is 75.6 Å². The van der Waals surface area contributed by atoms with Gasteiger partial charge in [0.1, 0.15) is 5.82 Å². The molecular formula is C32H23N5. The van der Waals surface area contributed by atoms with Crippen LogP contribution in [0.3, 0.4) is 0 Å². The van der Waals surface area contributed by atoms with Crippen molar-refractivity contribution in [3.63, 3.8) is 0 Å². The number of pyridine rings is 3. The second kappa shape index (κ2) is 8.88. The van der Waals surface area contributed by atoms with E-state index in [1.54, 1.807) is 0 Å². The smallest absolute Gasteiger partial charge is 0.138 e. The van der Waals surface area contributed by atoms with Gasteiger partial charge in [0.2, 0.25) is 0 Å². The maximum atomic E-state index is 5.09. The summed E-state index contributed by atoms with van der Waals surface area (Å²) in [4.78, 5) is 14.7. The number of hydrogen-bond acceptors (Lipinski definition) is 4. The molecule has 0 amide bonds. The van der Waals surface area contributed by atoms with Crippen molar-refractivity contribution in [3.05, 3.63) is 121 Å². The zero-order valence-corrected chi connectivity index (χ0v) is 20.0. The molecule has 2 aromatic carbocycles. The van der Waals surface area contributed by atoms with E-state index in [1.807, 2.05) is 60.8 Å². The molecule has 1 N–H and O–H groups in total. The zero-order chi connectivity index (χ0) is 24.6. The highest BCUT2D eigenvalue weighted by Gasteiger charge is 2.19. The van der Waals surface area contributed by atoms with Crippen LogP contribution in [0.1, 0.15) is 5.69 Å². The van der Waals surface area contributed by atoms with Crippen LogP contribution in [0.15, 0.2) is 115 Å². The van der Waals surface area contributed by atoms with Gasteiger partial charge in [-0.3, -0.25) is 9.55 Å². The predicted molar refractivity (Wildman–Crippen MR) is 150 cm³/mol. The number of anilines is 1.